The predicted octanol–water partition coefficient (Wildman–Crippen LogP) is 5.84. The summed E-state index contributed by atoms with van der Waals surface area (Å²) in [7, 11) is 0. The van der Waals surface area contributed by atoms with Gasteiger partial charge in [0.25, 0.3) is 5.91 Å². The normalized spacial score (nSPS) is 16.8. The van der Waals surface area contributed by atoms with Gasteiger partial charge >= 0.3 is 0 Å². The van der Waals surface area contributed by atoms with Crippen LogP contribution in [-0.4, -0.2) is 23.1 Å². The highest BCUT2D eigenvalue weighted by atomic mass is 32.2. The number of carbonyl (C=O) groups is 1. The van der Waals surface area contributed by atoms with Crippen molar-refractivity contribution in [3.63, 3.8) is 0 Å². The lowest BCUT2D eigenvalue weighted by Gasteiger charge is -2.24. The molecular weight excluding hydrogens is 345 g/mol. The Morgan fingerprint density at radius 2 is 1.96 bits per heavy atom. The minimum Gasteiger partial charge on any atom is -0.322 e. The molecule has 2 nitrogen and oxygen atoms in total. The minimum absolute atomic E-state index is 0.0294. The Bertz CT molecular complexity index is 731. The van der Waals surface area contributed by atoms with Crippen LogP contribution < -0.4 is 0 Å². The lowest BCUT2D eigenvalue weighted by Crippen LogP contribution is -2.30. The van der Waals surface area contributed by atoms with Gasteiger partial charge in [-0.25, -0.2) is 4.39 Å². The van der Waals surface area contributed by atoms with Crippen LogP contribution in [0.2, 0.25) is 0 Å². The Hall–Kier alpha value is -1.81. The van der Waals surface area contributed by atoms with Crippen molar-refractivity contribution >= 4 is 17.7 Å². The van der Waals surface area contributed by atoms with E-state index in [-0.39, 0.29) is 17.1 Å². The highest BCUT2D eigenvalue weighted by Gasteiger charge is 2.31. The number of carbonyl (C=O) groups excluding carboxylic acids is 1. The van der Waals surface area contributed by atoms with Gasteiger partial charge in [-0.05, 0) is 48.2 Å². The van der Waals surface area contributed by atoms with Crippen LogP contribution in [0.15, 0.2) is 48.5 Å². The molecule has 0 aromatic heterocycles. The van der Waals surface area contributed by atoms with Crippen molar-refractivity contribution in [1.82, 2.24) is 4.90 Å². The van der Waals surface area contributed by atoms with E-state index in [2.05, 4.69) is 19.1 Å². The molecule has 3 rings (SSSR count). The molecule has 1 atom stereocenters. The number of benzene rings is 2. The molecule has 0 unspecified atom stereocenters. The molecule has 0 spiro atoms. The number of thioether (sulfide) groups is 1. The number of unbranched alkanes of at least 4 members (excludes halogenated alkanes) is 3. The van der Waals surface area contributed by atoms with Crippen LogP contribution in [0.1, 0.15) is 59.5 Å². The molecule has 0 N–H and O–H groups in total. The van der Waals surface area contributed by atoms with Crippen molar-refractivity contribution in [3.05, 3.63) is 71.0 Å². The van der Waals surface area contributed by atoms with Crippen molar-refractivity contribution in [3.8, 4) is 0 Å². The predicted molar refractivity (Wildman–Crippen MR) is 107 cm³/mol. The Labute approximate surface area is 159 Å². The van der Waals surface area contributed by atoms with E-state index in [0.29, 0.717) is 12.1 Å². The molecular formula is C22H26FNOS. The van der Waals surface area contributed by atoms with Gasteiger partial charge in [-0.1, -0.05) is 50.5 Å². The van der Waals surface area contributed by atoms with Gasteiger partial charge in [-0.3, -0.25) is 4.79 Å². The van der Waals surface area contributed by atoms with Crippen LogP contribution in [-0.2, 0) is 6.42 Å². The molecule has 26 heavy (non-hydrogen) atoms. The van der Waals surface area contributed by atoms with Gasteiger partial charge in [0.1, 0.15) is 11.2 Å². The Balaban J connectivity index is 1.66. The standard InChI is InChI=1S/C22H26FNOS/c1-2-3-4-5-7-17-10-12-18(13-11-17)21(25)24-14-15-26-22(24)19-8-6-9-20(23)16-19/h6,8-13,16,22H,2-5,7,14-15H2,1H3/t22-/m1/s1. The van der Waals surface area contributed by atoms with Crippen LogP contribution in [0.4, 0.5) is 4.39 Å². The monoisotopic (exact) mass is 371 g/mol. The first-order valence-corrected chi connectivity index (χ1v) is 10.5. The van der Waals surface area contributed by atoms with Gasteiger partial charge in [-0.15, -0.1) is 11.8 Å². The maximum absolute atomic E-state index is 13.6. The fourth-order valence-corrected chi connectivity index (χ4v) is 4.60. The Morgan fingerprint density at radius 1 is 1.15 bits per heavy atom. The summed E-state index contributed by atoms with van der Waals surface area (Å²) < 4.78 is 13.6. The van der Waals surface area contributed by atoms with E-state index in [4.69, 9.17) is 0 Å². The zero-order valence-corrected chi connectivity index (χ0v) is 16.1. The summed E-state index contributed by atoms with van der Waals surface area (Å²) in [4.78, 5) is 14.8. The first-order chi connectivity index (χ1) is 12.7. The maximum atomic E-state index is 13.6. The number of amides is 1. The molecule has 2 aromatic carbocycles. The smallest absolute Gasteiger partial charge is 0.255 e. The van der Waals surface area contributed by atoms with Crippen molar-refractivity contribution in [2.75, 3.05) is 12.3 Å². The highest BCUT2D eigenvalue weighted by molar-refractivity contribution is 7.99. The number of aryl methyl sites for hydroxylation is 1. The molecule has 0 bridgehead atoms. The first kappa shape index (κ1) is 19.0. The van der Waals surface area contributed by atoms with E-state index < -0.39 is 0 Å². The summed E-state index contributed by atoms with van der Waals surface area (Å²) in [6, 6.07) is 14.6. The number of hydrogen-bond donors (Lipinski definition) is 0. The summed E-state index contributed by atoms with van der Waals surface area (Å²) in [6.45, 7) is 2.91. The van der Waals surface area contributed by atoms with E-state index in [1.165, 1.54) is 43.4 Å². The van der Waals surface area contributed by atoms with Crippen LogP contribution in [0.5, 0.6) is 0 Å². The second kappa shape index (κ2) is 9.22. The quantitative estimate of drug-likeness (QED) is 0.570. The topological polar surface area (TPSA) is 20.3 Å². The fraction of sp³-hybridized carbons (Fsp3) is 0.409. The number of nitrogens with zero attached hydrogens (tertiary/aromatic N) is 1. The second-order valence-corrected chi connectivity index (χ2v) is 7.97. The van der Waals surface area contributed by atoms with Crippen molar-refractivity contribution < 1.29 is 9.18 Å². The molecule has 1 aliphatic heterocycles. The maximum Gasteiger partial charge on any atom is 0.255 e. The lowest BCUT2D eigenvalue weighted by atomic mass is 10.0. The van der Waals surface area contributed by atoms with E-state index >= 15 is 0 Å². The lowest BCUT2D eigenvalue weighted by molar-refractivity contribution is 0.0760. The van der Waals surface area contributed by atoms with Crippen LogP contribution in [0.25, 0.3) is 0 Å². The van der Waals surface area contributed by atoms with E-state index in [0.717, 1.165) is 17.7 Å². The summed E-state index contributed by atoms with van der Waals surface area (Å²) in [6.07, 6.45) is 6.06. The Kier molecular flexibility index (Phi) is 6.73. The van der Waals surface area contributed by atoms with Gasteiger partial charge in [0.15, 0.2) is 0 Å². The zero-order valence-electron chi connectivity index (χ0n) is 15.3. The van der Waals surface area contributed by atoms with Crippen molar-refractivity contribution in [2.45, 2.75) is 44.4 Å². The van der Waals surface area contributed by atoms with E-state index in [1.54, 1.807) is 17.8 Å². The summed E-state index contributed by atoms with van der Waals surface area (Å²) in [5, 5.41) is -0.105. The van der Waals surface area contributed by atoms with Crippen LogP contribution in [0, 0.1) is 5.82 Å². The molecule has 2 aromatic rings. The van der Waals surface area contributed by atoms with Gasteiger partial charge < -0.3 is 4.90 Å². The summed E-state index contributed by atoms with van der Waals surface area (Å²) in [5.74, 6) is 0.652. The zero-order chi connectivity index (χ0) is 18.4. The van der Waals surface area contributed by atoms with Crippen LogP contribution in [0.3, 0.4) is 0 Å². The van der Waals surface area contributed by atoms with Crippen molar-refractivity contribution in [2.24, 2.45) is 0 Å². The minimum atomic E-state index is -0.255. The van der Waals surface area contributed by atoms with Gasteiger partial charge in [0.05, 0.1) is 0 Å². The molecule has 1 aliphatic rings. The van der Waals surface area contributed by atoms with Gasteiger partial charge in [0.2, 0.25) is 0 Å². The highest BCUT2D eigenvalue weighted by Crippen LogP contribution is 2.38. The number of halogens is 1. The molecule has 1 saturated heterocycles. The van der Waals surface area contributed by atoms with Crippen molar-refractivity contribution in [1.29, 1.82) is 0 Å². The molecule has 138 valence electrons. The van der Waals surface area contributed by atoms with Gasteiger partial charge in [0, 0.05) is 17.9 Å². The SMILES string of the molecule is CCCCCCc1ccc(C(=O)N2CCS[C@@H]2c2cccc(F)c2)cc1. The van der Waals surface area contributed by atoms with E-state index in [9.17, 15) is 9.18 Å². The van der Waals surface area contributed by atoms with Crippen LogP contribution >= 0.6 is 11.8 Å². The molecule has 4 heteroatoms. The third-order valence-corrected chi connectivity index (χ3v) is 6.07. The third kappa shape index (κ3) is 4.67. The fourth-order valence-electron chi connectivity index (χ4n) is 3.35. The Morgan fingerprint density at radius 3 is 2.69 bits per heavy atom. The first-order valence-electron chi connectivity index (χ1n) is 9.46. The average Bonchev–Trinajstić information content (AvgIpc) is 3.15. The second-order valence-electron chi connectivity index (χ2n) is 6.78. The number of hydrogen-bond acceptors (Lipinski definition) is 2. The molecule has 1 heterocycles. The number of rotatable bonds is 7. The third-order valence-electron chi connectivity index (χ3n) is 4.81. The van der Waals surface area contributed by atoms with E-state index in [1.807, 2.05) is 23.1 Å². The molecule has 1 amide bonds. The van der Waals surface area contributed by atoms with Gasteiger partial charge in [-0.2, -0.15) is 0 Å². The summed E-state index contributed by atoms with van der Waals surface area (Å²) in [5.41, 5.74) is 2.86. The summed E-state index contributed by atoms with van der Waals surface area (Å²) >= 11 is 1.69. The average molecular weight is 372 g/mol. The molecule has 0 radical (unpaired) electrons. The largest absolute Gasteiger partial charge is 0.322 e. The molecule has 1 fully saturated rings. The molecule has 0 aliphatic carbocycles. The molecule has 0 saturated carbocycles.